The molecule has 0 saturated heterocycles. The fourth-order valence-electron chi connectivity index (χ4n) is 3.03. The van der Waals surface area contributed by atoms with E-state index in [0.29, 0.717) is 51.2 Å². The lowest BCUT2D eigenvalue weighted by Gasteiger charge is -2.19. The molecule has 3 amide bonds. The molecule has 0 saturated carbocycles. The van der Waals surface area contributed by atoms with Crippen molar-refractivity contribution in [2.24, 2.45) is 5.73 Å². The normalized spacial score (nSPS) is 14.8. The molecule has 0 bridgehead atoms. The van der Waals surface area contributed by atoms with Gasteiger partial charge in [-0.05, 0) is 67.7 Å². The third kappa shape index (κ3) is 18.2. The van der Waals surface area contributed by atoms with E-state index in [1.54, 1.807) is 28.1 Å². The Morgan fingerprint density at radius 2 is 1.14 bits per heavy atom. The van der Waals surface area contributed by atoms with Crippen molar-refractivity contribution >= 4 is 24.0 Å². The average Bonchev–Trinajstić information content (AvgIpc) is 2.88. The summed E-state index contributed by atoms with van der Waals surface area (Å²) in [5, 5.41) is 20.1. The minimum atomic E-state index is -0.590. The van der Waals surface area contributed by atoms with Gasteiger partial charge in [-0.15, -0.1) is 0 Å². The van der Waals surface area contributed by atoms with Crippen LogP contribution in [0.2, 0.25) is 0 Å². The van der Waals surface area contributed by atoms with Gasteiger partial charge < -0.3 is 47.7 Å². The zero-order valence-corrected chi connectivity index (χ0v) is 23.3. The van der Waals surface area contributed by atoms with Crippen LogP contribution in [0.15, 0.2) is 0 Å². The Bertz CT molecular complexity index is 609. The van der Waals surface area contributed by atoms with Crippen molar-refractivity contribution in [2.45, 2.75) is 83.1 Å². The molecule has 0 fully saturated rings. The minimum Gasteiger partial charge on any atom is -0.355 e. The second-order valence-corrected chi connectivity index (χ2v) is 8.71. The summed E-state index contributed by atoms with van der Waals surface area (Å²) in [6.07, 6.45) is 4.43. The highest BCUT2D eigenvalue weighted by Crippen LogP contribution is 1.95. The first kappa shape index (κ1) is 36.0. The quantitative estimate of drug-likeness (QED) is 0.0921. The molecular weight excluding hydrogens is 464 g/mol. The van der Waals surface area contributed by atoms with Crippen molar-refractivity contribution in [3.63, 3.8) is 0 Å². The van der Waals surface area contributed by atoms with E-state index in [2.05, 4.69) is 51.1 Å². The Morgan fingerprint density at radius 3 is 1.47 bits per heavy atom. The van der Waals surface area contributed by atoms with Gasteiger partial charge in [0.1, 0.15) is 6.29 Å². The SMILES string of the molecule is CCCC(C)NC.CNC(C)C(=O)NCCC(NC)C(=O)NCCC(NC)C(=O)NCCC(N)C=O. The first-order chi connectivity index (χ1) is 17.1. The summed E-state index contributed by atoms with van der Waals surface area (Å²) in [6.45, 7) is 7.14. The summed E-state index contributed by atoms with van der Waals surface area (Å²) in [5.74, 6) is -0.540. The minimum absolute atomic E-state index is 0.125. The second kappa shape index (κ2) is 23.3. The van der Waals surface area contributed by atoms with Crippen LogP contribution in [0.25, 0.3) is 0 Å². The van der Waals surface area contributed by atoms with Gasteiger partial charge in [0.2, 0.25) is 17.7 Å². The van der Waals surface area contributed by atoms with Gasteiger partial charge in [-0.1, -0.05) is 13.3 Å². The van der Waals surface area contributed by atoms with Crippen molar-refractivity contribution < 1.29 is 19.2 Å². The molecule has 0 aliphatic rings. The van der Waals surface area contributed by atoms with Gasteiger partial charge in [0.05, 0.1) is 24.2 Å². The third-order valence-corrected chi connectivity index (χ3v) is 5.79. The predicted molar refractivity (Wildman–Crippen MR) is 145 cm³/mol. The molecule has 0 aliphatic heterocycles. The Morgan fingerprint density at radius 1 is 0.694 bits per heavy atom. The Kier molecular flexibility index (Phi) is 23.3. The summed E-state index contributed by atoms with van der Waals surface area (Å²) in [4.78, 5) is 46.6. The Balaban J connectivity index is 0. The number of nitrogens with one attached hydrogen (secondary N) is 7. The molecule has 5 atom stereocenters. The van der Waals surface area contributed by atoms with E-state index in [-0.39, 0.29) is 23.8 Å². The van der Waals surface area contributed by atoms with Crippen LogP contribution in [0.4, 0.5) is 0 Å². The number of hydrogen-bond donors (Lipinski definition) is 8. The number of aldehydes is 1. The van der Waals surface area contributed by atoms with Crippen molar-refractivity contribution in [3.05, 3.63) is 0 Å². The summed E-state index contributed by atoms with van der Waals surface area (Å²) in [7, 11) is 7.04. The number of rotatable bonds is 19. The van der Waals surface area contributed by atoms with E-state index in [4.69, 9.17) is 5.73 Å². The highest BCUT2D eigenvalue weighted by Gasteiger charge is 2.19. The van der Waals surface area contributed by atoms with Gasteiger partial charge in [-0.2, -0.15) is 0 Å². The molecule has 12 heteroatoms. The zero-order chi connectivity index (χ0) is 27.9. The summed E-state index contributed by atoms with van der Waals surface area (Å²) >= 11 is 0. The van der Waals surface area contributed by atoms with Crippen LogP contribution < -0.4 is 43.0 Å². The molecule has 0 aromatic carbocycles. The Hall–Kier alpha value is -2.12. The van der Waals surface area contributed by atoms with Gasteiger partial charge in [-0.3, -0.25) is 14.4 Å². The summed E-state index contributed by atoms with van der Waals surface area (Å²) < 4.78 is 0. The lowest BCUT2D eigenvalue weighted by atomic mass is 10.1. The molecule has 0 aromatic rings. The van der Waals surface area contributed by atoms with E-state index >= 15 is 0 Å². The van der Waals surface area contributed by atoms with Gasteiger partial charge in [-0.25, -0.2) is 0 Å². The van der Waals surface area contributed by atoms with Gasteiger partial charge in [0.25, 0.3) is 0 Å². The standard InChI is InChI=1S/C18H37N7O4.C6H15N/c1-12(20-2)16(27)23-9-6-14(21-3)18(29)25-10-7-15(22-4)17(28)24-8-5-13(19)11-26;1-4-5-6(2)7-3/h11-15,20-22H,5-10,19H2,1-4H3,(H,23,27)(H,24,28)(H,25,29);6-7H,4-5H2,1-3H3. The maximum atomic E-state index is 12.3. The molecular formula is C24H52N8O4. The van der Waals surface area contributed by atoms with Gasteiger partial charge in [0.15, 0.2) is 0 Å². The second-order valence-electron chi connectivity index (χ2n) is 8.71. The van der Waals surface area contributed by atoms with Crippen LogP contribution in [0.5, 0.6) is 0 Å². The van der Waals surface area contributed by atoms with E-state index in [1.807, 2.05) is 7.05 Å². The first-order valence-electron chi connectivity index (χ1n) is 12.8. The van der Waals surface area contributed by atoms with Crippen LogP contribution in [-0.4, -0.2) is 102 Å². The predicted octanol–water partition coefficient (Wildman–Crippen LogP) is -1.79. The van der Waals surface area contributed by atoms with E-state index in [1.165, 1.54) is 12.8 Å². The fraction of sp³-hybridized carbons (Fsp3) is 0.833. The topological polar surface area (TPSA) is 179 Å². The van der Waals surface area contributed by atoms with E-state index in [0.717, 1.165) is 0 Å². The van der Waals surface area contributed by atoms with E-state index < -0.39 is 18.1 Å². The van der Waals surface area contributed by atoms with Crippen LogP contribution in [0.3, 0.4) is 0 Å². The third-order valence-electron chi connectivity index (χ3n) is 5.79. The van der Waals surface area contributed by atoms with Gasteiger partial charge in [0, 0.05) is 25.7 Å². The molecule has 0 aromatic heterocycles. The largest absolute Gasteiger partial charge is 0.355 e. The van der Waals surface area contributed by atoms with Gasteiger partial charge >= 0.3 is 0 Å². The Labute approximate surface area is 217 Å². The fourth-order valence-corrected chi connectivity index (χ4v) is 3.03. The number of hydrogen-bond acceptors (Lipinski definition) is 9. The average molecular weight is 517 g/mol. The molecule has 5 unspecified atom stereocenters. The number of nitrogens with two attached hydrogens (primary N) is 1. The lowest BCUT2D eigenvalue weighted by Crippen LogP contribution is -2.48. The molecule has 212 valence electrons. The maximum Gasteiger partial charge on any atom is 0.237 e. The van der Waals surface area contributed by atoms with Crippen molar-refractivity contribution in [1.82, 2.24) is 37.2 Å². The molecule has 12 nitrogen and oxygen atoms in total. The maximum absolute atomic E-state index is 12.3. The number of carbonyl (C=O) groups is 4. The van der Waals surface area contributed by atoms with Crippen LogP contribution in [0.1, 0.15) is 52.9 Å². The molecule has 0 rings (SSSR count). The molecule has 0 heterocycles. The van der Waals surface area contributed by atoms with Crippen LogP contribution in [-0.2, 0) is 19.2 Å². The van der Waals surface area contributed by atoms with Crippen molar-refractivity contribution in [1.29, 1.82) is 0 Å². The first-order valence-corrected chi connectivity index (χ1v) is 12.8. The van der Waals surface area contributed by atoms with Crippen LogP contribution >= 0.6 is 0 Å². The summed E-state index contributed by atoms with van der Waals surface area (Å²) in [6, 6.07) is -1.11. The molecule has 0 radical (unpaired) electrons. The molecule has 0 aliphatic carbocycles. The monoisotopic (exact) mass is 516 g/mol. The van der Waals surface area contributed by atoms with E-state index in [9.17, 15) is 19.2 Å². The highest BCUT2D eigenvalue weighted by atomic mass is 16.2. The number of amides is 3. The number of carbonyl (C=O) groups excluding carboxylic acids is 4. The zero-order valence-electron chi connectivity index (χ0n) is 23.3. The highest BCUT2D eigenvalue weighted by molar-refractivity contribution is 5.83. The molecule has 36 heavy (non-hydrogen) atoms. The molecule has 9 N–H and O–H groups in total. The molecule has 0 spiro atoms. The van der Waals surface area contributed by atoms with Crippen molar-refractivity contribution in [2.75, 3.05) is 47.8 Å². The summed E-state index contributed by atoms with van der Waals surface area (Å²) in [5.41, 5.74) is 5.48. The smallest absolute Gasteiger partial charge is 0.237 e. The van der Waals surface area contributed by atoms with Crippen LogP contribution in [0, 0.1) is 0 Å². The van der Waals surface area contributed by atoms with Crippen molar-refractivity contribution in [3.8, 4) is 0 Å². The number of likely N-dealkylation sites (N-methyl/N-ethyl adjacent to an activating group) is 3. The lowest BCUT2D eigenvalue weighted by molar-refractivity contribution is -0.125.